The summed E-state index contributed by atoms with van der Waals surface area (Å²) in [6.45, 7) is 7.67. The molecule has 0 aromatic heterocycles. The van der Waals surface area contributed by atoms with Gasteiger partial charge in [0, 0.05) is 6.04 Å². The molecule has 0 heterocycles. The van der Waals surface area contributed by atoms with E-state index in [9.17, 15) is 0 Å². The minimum atomic E-state index is 0.216. The van der Waals surface area contributed by atoms with Gasteiger partial charge in [0.05, 0.1) is 0 Å². The molecule has 0 aliphatic heterocycles. The Kier molecular flexibility index (Phi) is 5.90. The molecule has 1 N–H and O–H groups in total. The Hall–Kier alpha value is -1.02. The van der Waals surface area contributed by atoms with E-state index in [1.54, 1.807) is 0 Å². The maximum atomic E-state index is 6.17. The lowest BCUT2D eigenvalue weighted by molar-refractivity contribution is 0.167. The van der Waals surface area contributed by atoms with Gasteiger partial charge in [-0.15, -0.1) is 0 Å². The summed E-state index contributed by atoms with van der Waals surface area (Å²) in [6, 6.07) is 7.10. The minimum absolute atomic E-state index is 0.216. The smallest absolute Gasteiger partial charge is 0.120 e. The van der Waals surface area contributed by atoms with Crippen LogP contribution in [0.4, 0.5) is 0 Å². The van der Waals surface area contributed by atoms with Gasteiger partial charge in [0.25, 0.3) is 0 Å². The molecule has 20 heavy (non-hydrogen) atoms. The molecule has 2 nitrogen and oxygen atoms in total. The van der Waals surface area contributed by atoms with Crippen molar-refractivity contribution in [2.45, 2.75) is 71.4 Å². The highest BCUT2D eigenvalue weighted by atomic mass is 16.5. The van der Waals surface area contributed by atoms with Crippen molar-refractivity contribution in [3.8, 4) is 5.75 Å². The predicted molar refractivity (Wildman–Crippen MR) is 85.5 cm³/mol. The third-order valence-electron chi connectivity index (χ3n) is 4.30. The molecule has 0 bridgehead atoms. The zero-order valence-corrected chi connectivity index (χ0v) is 13.2. The van der Waals surface area contributed by atoms with E-state index in [1.165, 1.54) is 43.2 Å². The summed E-state index contributed by atoms with van der Waals surface area (Å²) in [5.74, 6) is 1.04. The van der Waals surface area contributed by atoms with Gasteiger partial charge in [0.1, 0.15) is 11.9 Å². The van der Waals surface area contributed by atoms with Gasteiger partial charge in [-0.3, -0.25) is 0 Å². The average Bonchev–Trinajstić information content (AvgIpc) is 2.48. The number of rotatable bonds is 7. The highest BCUT2D eigenvalue weighted by molar-refractivity contribution is 5.37. The second kappa shape index (κ2) is 7.68. The summed E-state index contributed by atoms with van der Waals surface area (Å²) in [5, 5.41) is 3.58. The van der Waals surface area contributed by atoms with Crippen LogP contribution in [0, 0.1) is 0 Å². The molecule has 0 fully saturated rings. The first kappa shape index (κ1) is 15.4. The number of hydrogen-bond donors (Lipinski definition) is 1. The zero-order chi connectivity index (χ0) is 14.4. The third-order valence-corrected chi connectivity index (χ3v) is 4.30. The predicted octanol–water partition coefficient (Wildman–Crippen LogP) is 4.11. The van der Waals surface area contributed by atoms with E-state index in [2.05, 4.69) is 44.3 Å². The van der Waals surface area contributed by atoms with Gasteiger partial charge in [-0.25, -0.2) is 0 Å². The molecule has 0 amide bonds. The van der Waals surface area contributed by atoms with Gasteiger partial charge in [0.15, 0.2) is 0 Å². The van der Waals surface area contributed by atoms with Crippen LogP contribution in [0.25, 0.3) is 0 Å². The number of benzene rings is 1. The summed E-state index contributed by atoms with van der Waals surface area (Å²) in [5.41, 5.74) is 3.02. The number of ether oxygens (including phenoxy) is 1. The Labute approximate surface area is 123 Å². The van der Waals surface area contributed by atoms with Crippen LogP contribution in [0.2, 0.25) is 0 Å². The Morgan fingerprint density at radius 1 is 1.15 bits per heavy atom. The fourth-order valence-corrected chi connectivity index (χ4v) is 3.05. The Balaban J connectivity index is 1.97. The molecular weight excluding hydrogens is 246 g/mol. The minimum Gasteiger partial charge on any atom is -0.489 e. The highest BCUT2D eigenvalue weighted by Crippen LogP contribution is 2.26. The SMILES string of the molecule is CCCNC(CC)C(C)Oc1ccc2c(c1)CCCC2. The second-order valence-electron chi connectivity index (χ2n) is 5.93. The molecule has 2 rings (SSSR count). The summed E-state index contributed by atoms with van der Waals surface area (Å²) in [4.78, 5) is 0. The van der Waals surface area contributed by atoms with Crippen molar-refractivity contribution in [3.05, 3.63) is 29.3 Å². The van der Waals surface area contributed by atoms with Crippen molar-refractivity contribution in [2.24, 2.45) is 0 Å². The maximum absolute atomic E-state index is 6.17. The van der Waals surface area contributed by atoms with Crippen molar-refractivity contribution in [1.29, 1.82) is 0 Å². The molecule has 0 saturated heterocycles. The summed E-state index contributed by atoms with van der Waals surface area (Å²) in [7, 11) is 0. The largest absolute Gasteiger partial charge is 0.489 e. The Morgan fingerprint density at radius 2 is 1.90 bits per heavy atom. The van der Waals surface area contributed by atoms with E-state index < -0.39 is 0 Å². The molecule has 2 atom stereocenters. The van der Waals surface area contributed by atoms with Gasteiger partial charge in [-0.05, 0) is 75.3 Å². The van der Waals surface area contributed by atoms with Gasteiger partial charge in [-0.1, -0.05) is 19.9 Å². The molecule has 112 valence electrons. The van der Waals surface area contributed by atoms with Gasteiger partial charge >= 0.3 is 0 Å². The normalized spacial score (nSPS) is 17.4. The van der Waals surface area contributed by atoms with Crippen LogP contribution in [-0.4, -0.2) is 18.7 Å². The summed E-state index contributed by atoms with van der Waals surface area (Å²) >= 11 is 0. The number of aryl methyl sites for hydroxylation is 2. The summed E-state index contributed by atoms with van der Waals surface area (Å²) < 4.78 is 6.17. The van der Waals surface area contributed by atoms with E-state index in [0.29, 0.717) is 6.04 Å². The second-order valence-corrected chi connectivity index (χ2v) is 5.93. The van der Waals surface area contributed by atoms with Crippen molar-refractivity contribution >= 4 is 0 Å². The van der Waals surface area contributed by atoms with Gasteiger partial charge in [0.2, 0.25) is 0 Å². The molecule has 1 aliphatic rings. The number of nitrogens with one attached hydrogen (secondary N) is 1. The Morgan fingerprint density at radius 3 is 2.60 bits per heavy atom. The average molecular weight is 275 g/mol. The lowest BCUT2D eigenvalue weighted by Gasteiger charge is -2.26. The topological polar surface area (TPSA) is 21.3 Å². The van der Waals surface area contributed by atoms with Crippen molar-refractivity contribution in [3.63, 3.8) is 0 Å². The van der Waals surface area contributed by atoms with Crippen LogP contribution >= 0.6 is 0 Å². The first-order valence-corrected chi connectivity index (χ1v) is 8.26. The van der Waals surface area contributed by atoms with E-state index >= 15 is 0 Å². The molecule has 1 aliphatic carbocycles. The lowest BCUT2D eigenvalue weighted by Crippen LogP contribution is -2.41. The third kappa shape index (κ3) is 3.99. The maximum Gasteiger partial charge on any atom is 0.120 e. The van der Waals surface area contributed by atoms with Crippen LogP contribution in [-0.2, 0) is 12.8 Å². The molecule has 0 radical (unpaired) electrons. The number of hydrogen-bond acceptors (Lipinski definition) is 2. The highest BCUT2D eigenvalue weighted by Gasteiger charge is 2.17. The zero-order valence-electron chi connectivity index (χ0n) is 13.2. The molecule has 0 saturated carbocycles. The first-order chi connectivity index (χ1) is 9.74. The number of fused-ring (bicyclic) bond motifs is 1. The van der Waals surface area contributed by atoms with Gasteiger partial charge < -0.3 is 10.1 Å². The quantitative estimate of drug-likeness (QED) is 0.808. The van der Waals surface area contributed by atoms with Crippen LogP contribution in [0.15, 0.2) is 18.2 Å². The van der Waals surface area contributed by atoms with E-state index in [4.69, 9.17) is 4.74 Å². The standard InChI is InChI=1S/C18H29NO/c1-4-12-19-18(5-2)14(3)20-17-11-10-15-8-6-7-9-16(15)13-17/h10-11,13-14,18-19H,4-9,12H2,1-3H3. The van der Waals surface area contributed by atoms with Crippen molar-refractivity contribution in [2.75, 3.05) is 6.54 Å². The molecule has 2 heteroatoms. The van der Waals surface area contributed by atoms with E-state index in [0.717, 1.165) is 18.7 Å². The molecular formula is C18H29NO. The van der Waals surface area contributed by atoms with Crippen LogP contribution < -0.4 is 10.1 Å². The van der Waals surface area contributed by atoms with Crippen molar-refractivity contribution < 1.29 is 4.74 Å². The van der Waals surface area contributed by atoms with Crippen LogP contribution in [0.1, 0.15) is 57.6 Å². The van der Waals surface area contributed by atoms with Crippen LogP contribution in [0.5, 0.6) is 5.75 Å². The van der Waals surface area contributed by atoms with Gasteiger partial charge in [-0.2, -0.15) is 0 Å². The Bertz CT molecular complexity index is 416. The first-order valence-electron chi connectivity index (χ1n) is 8.26. The molecule has 2 unspecified atom stereocenters. The van der Waals surface area contributed by atoms with Crippen molar-refractivity contribution in [1.82, 2.24) is 5.32 Å². The van der Waals surface area contributed by atoms with E-state index in [1.807, 2.05) is 0 Å². The summed E-state index contributed by atoms with van der Waals surface area (Å²) in [6.07, 6.45) is 7.60. The fraction of sp³-hybridized carbons (Fsp3) is 0.667. The molecule has 0 spiro atoms. The molecule has 1 aromatic rings. The lowest BCUT2D eigenvalue weighted by atomic mass is 9.92. The van der Waals surface area contributed by atoms with Crippen LogP contribution in [0.3, 0.4) is 0 Å². The monoisotopic (exact) mass is 275 g/mol. The van der Waals surface area contributed by atoms with E-state index in [-0.39, 0.29) is 6.10 Å². The molecule has 1 aromatic carbocycles. The fourth-order valence-electron chi connectivity index (χ4n) is 3.05.